The normalized spacial score (nSPS) is 11.5. The third kappa shape index (κ3) is 4.72. The zero-order chi connectivity index (χ0) is 14.3. The summed E-state index contributed by atoms with van der Waals surface area (Å²) in [6.07, 6.45) is 4.62. The Bertz CT molecular complexity index is 501. The predicted octanol–water partition coefficient (Wildman–Crippen LogP) is 2.17. The first-order valence-electron chi connectivity index (χ1n) is 6.58. The summed E-state index contributed by atoms with van der Waals surface area (Å²) in [7, 11) is -2.03. The molecular weight excluding hydrogens is 262 g/mol. The molecule has 0 atom stereocenters. The van der Waals surface area contributed by atoms with Gasteiger partial charge in [-0.05, 0) is 31.7 Å². The van der Waals surface area contributed by atoms with E-state index in [9.17, 15) is 8.42 Å². The molecule has 0 amide bonds. The Morgan fingerprint density at radius 3 is 2.58 bits per heavy atom. The number of sulfonamides is 1. The summed E-state index contributed by atoms with van der Waals surface area (Å²) in [5, 5.41) is 3.19. The molecule has 0 aliphatic heterocycles. The van der Waals surface area contributed by atoms with E-state index in [1.807, 2.05) is 0 Å². The fourth-order valence-electron chi connectivity index (χ4n) is 1.75. The molecule has 0 unspecified atom stereocenters. The molecule has 0 radical (unpaired) electrons. The van der Waals surface area contributed by atoms with Gasteiger partial charge >= 0.3 is 0 Å². The van der Waals surface area contributed by atoms with Crippen LogP contribution in [0.25, 0.3) is 0 Å². The van der Waals surface area contributed by atoms with Gasteiger partial charge < -0.3 is 11.1 Å². The van der Waals surface area contributed by atoms with Crippen molar-refractivity contribution in [3.63, 3.8) is 0 Å². The van der Waals surface area contributed by atoms with Crippen LogP contribution in [0.1, 0.15) is 32.6 Å². The van der Waals surface area contributed by atoms with Gasteiger partial charge in [0.1, 0.15) is 0 Å². The van der Waals surface area contributed by atoms with E-state index in [1.165, 1.54) is 26.0 Å². The molecule has 5 nitrogen and oxygen atoms in total. The van der Waals surface area contributed by atoms with Gasteiger partial charge in [-0.25, -0.2) is 13.1 Å². The Balaban J connectivity index is 2.70. The van der Waals surface area contributed by atoms with Crippen molar-refractivity contribution in [1.29, 1.82) is 0 Å². The zero-order valence-corrected chi connectivity index (χ0v) is 12.4. The molecule has 0 saturated heterocycles. The predicted molar refractivity (Wildman–Crippen MR) is 79.7 cm³/mol. The maximum atomic E-state index is 11.7. The highest BCUT2D eigenvalue weighted by atomic mass is 32.2. The largest absolute Gasteiger partial charge is 0.397 e. The van der Waals surface area contributed by atoms with Crippen LogP contribution >= 0.6 is 0 Å². The van der Waals surface area contributed by atoms with E-state index in [2.05, 4.69) is 17.0 Å². The third-order valence-corrected chi connectivity index (χ3v) is 4.36. The topological polar surface area (TPSA) is 84.2 Å². The van der Waals surface area contributed by atoms with Crippen LogP contribution in [0.4, 0.5) is 11.4 Å². The smallest absolute Gasteiger partial charge is 0.240 e. The summed E-state index contributed by atoms with van der Waals surface area (Å²) in [4.78, 5) is 0.222. The SMILES string of the molecule is CCCCCCNc1cc(S(=O)(=O)NC)ccc1N. The minimum absolute atomic E-state index is 0.222. The summed E-state index contributed by atoms with van der Waals surface area (Å²) < 4.78 is 25.7. The molecule has 108 valence electrons. The van der Waals surface area contributed by atoms with Crippen molar-refractivity contribution in [3.8, 4) is 0 Å². The zero-order valence-electron chi connectivity index (χ0n) is 11.6. The van der Waals surface area contributed by atoms with Gasteiger partial charge in [0, 0.05) is 6.54 Å². The second kappa shape index (κ2) is 7.35. The lowest BCUT2D eigenvalue weighted by molar-refractivity contribution is 0.588. The molecule has 6 heteroatoms. The summed E-state index contributed by atoms with van der Waals surface area (Å²) in [6, 6.07) is 4.68. The van der Waals surface area contributed by atoms with Gasteiger partial charge in [-0.1, -0.05) is 26.2 Å². The number of hydrogen-bond acceptors (Lipinski definition) is 4. The maximum absolute atomic E-state index is 11.7. The van der Waals surface area contributed by atoms with E-state index in [0.29, 0.717) is 11.4 Å². The molecule has 0 aromatic heterocycles. The molecule has 1 aromatic carbocycles. The van der Waals surface area contributed by atoms with Crippen molar-refractivity contribution < 1.29 is 8.42 Å². The van der Waals surface area contributed by atoms with Gasteiger partial charge in [0.25, 0.3) is 0 Å². The van der Waals surface area contributed by atoms with Gasteiger partial charge in [0.05, 0.1) is 16.3 Å². The lowest BCUT2D eigenvalue weighted by Gasteiger charge is -2.11. The second-order valence-electron chi connectivity index (χ2n) is 4.44. The molecular formula is C13H23N3O2S. The number of benzene rings is 1. The van der Waals surface area contributed by atoms with Crippen LogP contribution in [0.3, 0.4) is 0 Å². The average molecular weight is 285 g/mol. The van der Waals surface area contributed by atoms with Crippen LogP contribution in [0, 0.1) is 0 Å². The summed E-state index contributed by atoms with van der Waals surface area (Å²) >= 11 is 0. The quantitative estimate of drug-likeness (QED) is 0.505. The van der Waals surface area contributed by atoms with Crippen LogP contribution in [0.5, 0.6) is 0 Å². The molecule has 1 rings (SSSR count). The molecule has 0 spiro atoms. The molecule has 0 aliphatic carbocycles. The van der Waals surface area contributed by atoms with Crippen molar-refractivity contribution in [3.05, 3.63) is 18.2 Å². The first-order chi connectivity index (χ1) is 9.01. The third-order valence-electron chi connectivity index (χ3n) is 2.95. The molecule has 4 N–H and O–H groups in total. The van der Waals surface area contributed by atoms with Gasteiger partial charge in [-0.15, -0.1) is 0 Å². The number of anilines is 2. The van der Waals surface area contributed by atoms with E-state index in [4.69, 9.17) is 5.73 Å². The van der Waals surface area contributed by atoms with E-state index < -0.39 is 10.0 Å². The highest BCUT2D eigenvalue weighted by Crippen LogP contribution is 2.22. The van der Waals surface area contributed by atoms with E-state index in [0.717, 1.165) is 19.4 Å². The molecule has 0 aliphatic rings. The van der Waals surface area contributed by atoms with Gasteiger partial charge in [0.15, 0.2) is 0 Å². The first-order valence-corrected chi connectivity index (χ1v) is 8.06. The Morgan fingerprint density at radius 2 is 1.95 bits per heavy atom. The van der Waals surface area contributed by atoms with E-state index >= 15 is 0 Å². The number of hydrogen-bond donors (Lipinski definition) is 3. The maximum Gasteiger partial charge on any atom is 0.240 e. The molecule has 0 fully saturated rings. The molecule has 0 saturated carbocycles. The van der Waals surface area contributed by atoms with Crippen LogP contribution in [-0.4, -0.2) is 22.0 Å². The number of rotatable bonds is 8. The summed E-state index contributed by atoms with van der Waals surface area (Å²) in [5.41, 5.74) is 7.07. The fourth-order valence-corrected chi connectivity index (χ4v) is 2.50. The van der Waals surface area contributed by atoms with Crippen molar-refractivity contribution in [1.82, 2.24) is 4.72 Å². The molecule has 19 heavy (non-hydrogen) atoms. The van der Waals surface area contributed by atoms with Gasteiger partial charge in [-0.3, -0.25) is 0 Å². The Morgan fingerprint density at radius 1 is 1.21 bits per heavy atom. The van der Waals surface area contributed by atoms with Crippen LogP contribution in [0.15, 0.2) is 23.1 Å². The van der Waals surface area contributed by atoms with Crippen molar-refractivity contribution >= 4 is 21.4 Å². The van der Waals surface area contributed by atoms with Crippen molar-refractivity contribution in [2.45, 2.75) is 37.5 Å². The Hall–Kier alpha value is -1.27. The Labute approximate surface area is 115 Å². The lowest BCUT2D eigenvalue weighted by Crippen LogP contribution is -2.19. The number of nitrogen functional groups attached to an aromatic ring is 1. The average Bonchev–Trinajstić information content (AvgIpc) is 2.40. The van der Waals surface area contributed by atoms with Crippen molar-refractivity contribution in [2.75, 3.05) is 24.6 Å². The minimum atomic E-state index is -3.42. The molecule has 1 aromatic rings. The molecule has 0 bridgehead atoms. The summed E-state index contributed by atoms with van der Waals surface area (Å²) in [5.74, 6) is 0. The number of nitrogens with one attached hydrogen (secondary N) is 2. The Kier molecular flexibility index (Phi) is 6.11. The van der Waals surface area contributed by atoms with Crippen molar-refractivity contribution in [2.24, 2.45) is 0 Å². The first kappa shape index (κ1) is 15.8. The van der Waals surface area contributed by atoms with Crippen LogP contribution < -0.4 is 15.8 Å². The van der Waals surface area contributed by atoms with E-state index in [1.54, 1.807) is 12.1 Å². The van der Waals surface area contributed by atoms with E-state index in [-0.39, 0.29) is 4.90 Å². The lowest BCUT2D eigenvalue weighted by atomic mass is 10.2. The van der Waals surface area contributed by atoms with Crippen LogP contribution in [0.2, 0.25) is 0 Å². The number of unbranched alkanes of at least 4 members (excludes halogenated alkanes) is 3. The highest BCUT2D eigenvalue weighted by Gasteiger charge is 2.12. The standard InChI is InChI=1S/C13H23N3O2S/c1-3-4-5-6-9-16-13-10-11(7-8-12(13)14)19(17,18)15-2/h7-8,10,15-16H,3-6,9,14H2,1-2H3. The highest BCUT2D eigenvalue weighted by molar-refractivity contribution is 7.89. The monoisotopic (exact) mass is 285 g/mol. The number of nitrogens with two attached hydrogens (primary N) is 1. The van der Waals surface area contributed by atoms with Crippen LogP contribution in [-0.2, 0) is 10.0 Å². The van der Waals surface area contributed by atoms with Gasteiger partial charge in [-0.2, -0.15) is 0 Å². The summed E-state index contributed by atoms with van der Waals surface area (Å²) in [6.45, 7) is 2.96. The minimum Gasteiger partial charge on any atom is -0.397 e. The second-order valence-corrected chi connectivity index (χ2v) is 6.33. The fraction of sp³-hybridized carbons (Fsp3) is 0.538. The molecule has 0 heterocycles. The van der Waals surface area contributed by atoms with Gasteiger partial charge in [0.2, 0.25) is 10.0 Å².